The highest BCUT2D eigenvalue weighted by Gasteiger charge is 2.59. The van der Waals surface area contributed by atoms with Crippen molar-refractivity contribution in [3.8, 4) is 6.07 Å². The summed E-state index contributed by atoms with van der Waals surface area (Å²) in [5.41, 5.74) is -2.98. The predicted molar refractivity (Wildman–Crippen MR) is 76.1 cm³/mol. The third kappa shape index (κ3) is 4.56. The molecular formula is C14H12F5N3O4. The summed E-state index contributed by atoms with van der Waals surface area (Å²) in [6, 6.07) is 2.77. The molecule has 0 aromatic heterocycles. The molecule has 0 aliphatic carbocycles. The number of nitro groups is 1. The monoisotopic (exact) mass is 381 g/mol. The van der Waals surface area contributed by atoms with Gasteiger partial charge < -0.3 is 4.74 Å². The van der Waals surface area contributed by atoms with E-state index in [9.17, 15) is 36.9 Å². The van der Waals surface area contributed by atoms with E-state index in [4.69, 9.17) is 5.26 Å². The third-order valence-corrected chi connectivity index (χ3v) is 3.15. The molecule has 0 unspecified atom stereocenters. The van der Waals surface area contributed by atoms with Crippen molar-refractivity contribution in [2.24, 2.45) is 0 Å². The van der Waals surface area contributed by atoms with E-state index >= 15 is 0 Å². The lowest BCUT2D eigenvalue weighted by Crippen LogP contribution is -2.34. The summed E-state index contributed by atoms with van der Waals surface area (Å²) in [6.07, 6.45) is -6.92. The van der Waals surface area contributed by atoms with Crippen molar-refractivity contribution in [2.75, 3.05) is 13.2 Å². The molecule has 0 spiro atoms. The number of rotatable bonds is 6. The fourth-order valence-corrected chi connectivity index (χ4v) is 1.92. The Morgan fingerprint density at radius 3 is 2.42 bits per heavy atom. The maximum absolute atomic E-state index is 13.4. The SMILES string of the molecule is CCOC(=O)N(CC#N)Cc1ccc(C(F)(F)C(F)(F)F)cc1[N+](=O)[O-]. The topological polar surface area (TPSA) is 96.5 Å². The highest BCUT2D eigenvalue weighted by atomic mass is 19.4. The smallest absolute Gasteiger partial charge is 0.450 e. The first kappa shape index (κ1) is 21.1. The molecule has 0 saturated carbocycles. The van der Waals surface area contributed by atoms with E-state index < -0.39 is 47.5 Å². The van der Waals surface area contributed by atoms with E-state index in [1.165, 1.54) is 6.92 Å². The molecule has 0 saturated heterocycles. The lowest BCUT2D eigenvalue weighted by Gasteiger charge is -2.21. The van der Waals surface area contributed by atoms with Crippen LogP contribution in [0.15, 0.2) is 18.2 Å². The number of carbonyl (C=O) groups excluding carboxylic acids is 1. The lowest BCUT2D eigenvalue weighted by molar-refractivity contribution is -0.386. The number of alkyl halides is 5. The van der Waals surface area contributed by atoms with Crippen LogP contribution in [0.1, 0.15) is 18.1 Å². The molecule has 0 bridgehead atoms. The Hall–Kier alpha value is -2.97. The summed E-state index contributed by atoms with van der Waals surface area (Å²) < 4.78 is 68.7. The maximum atomic E-state index is 13.4. The standard InChI is InChI=1S/C14H12F5N3O4/c1-2-26-12(23)21(6-5-20)8-9-3-4-10(7-11(9)22(24)25)13(15,16)14(17,18)19/h3-4,7H,2,6,8H2,1H3. The van der Waals surface area contributed by atoms with Crippen molar-refractivity contribution in [3.05, 3.63) is 39.4 Å². The van der Waals surface area contributed by atoms with Gasteiger partial charge in [-0.2, -0.15) is 27.2 Å². The quantitative estimate of drug-likeness (QED) is 0.324. The highest BCUT2D eigenvalue weighted by molar-refractivity contribution is 5.68. The van der Waals surface area contributed by atoms with E-state index in [-0.39, 0.29) is 18.2 Å². The molecule has 1 rings (SSSR count). The van der Waals surface area contributed by atoms with Crippen LogP contribution in [0.4, 0.5) is 32.4 Å². The van der Waals surface area contributed by atoms with Crippen molar-refractivity contribution >= 4 is 11.8 Å². The number of halogens is 5. The second-order valence-electron chi connectivity index (χ2n) is 4.89. The summed E-state index contributed by atoms with van der Waals surface area (Å²) in [7, 11) is 0. The third-order valence-electron chi connectivity index (χ3n) is 3.15. The van der Waals surface area contributed by atoms with Crippen LogP contribution >= 0.6 is 0 Å². The molecule has 1 aromatic carbocycles. The van der Waals surface area contributed by atoms with Gasteiger partial charge in [-0.1, -0.05) is 6.07 Å². The van der Waals surface area contributed by atoms with Gasteiger partial charge in [0.2, 0.25) is 0 Å². The first-order valence-corrected chi connectivity index (χ1v) is 6.96. The Morgan fingerprint density at radius 1 is 1.35 bits per heavy atom. The van der Waals surface area contributed by atoms with Crippen LogP contribution in [0, 0.1) is 21.4 Å². The summed E-state index contributed by atoms with van der Waals surface area (Å²) in [5, 5.41) is 19.8. The second kappa shape index (κ2) is 7.94. The van der Waals surface area contributed by atoms with Crippen molar-refractivity contribution in [2.45, 2.75) is 25.6 Å². The molecule has 0 radical (unpaired) electrons. The first-order valence-electron chi connectivity index (χ1n) is 6.96. The summed E-state index contributed by atoms with van der Waals surface area (Å²) >= 11 is 0. The van der Waals surface area contributed by atoms with Gasteiger partial charge in [0.05, 0.1) is 24.1 Å². The lowest BCUT2D eigenvalue weighted by atomic mass is 10.0. The molecule has 0 fully saturated rings. The Kier molecular flexibility index (Phi) is 6.44. The normalized spacial score (nSPS) is 11.6. The number of nitrogens with zero attached hydrogens (tertiary/aromatic N) is 3. The van der Waals surface area contributed by atoms with Gasteiger partial charge in [-0.05, 0) is 13.0 Å². The zero-order chi connectivity index (χ0) is 20.1. The van der Waals surface area contributed by atoms with Gasteiger partial charge in [-0.3, -0.25) is 15.0 Å². The Morgan fingerprint density at radius 2 is 1.96 bits per heavy atom. The maximum Gasteiger partial charge on any atom is 0.458 e. The van der Waals surface area contributed by atoms with Crippen LogP contribution in [-0.2, 0) is 17.2 Å². The average Bonchev–Trinajstić information content (AvgIpc) is 2.53. The number of ether oxygens (including phenoxy) is 1. The van der Waals surface area contributed by atoms with Crippen LogP contribution in [0.2, 0.25) is 0 Å². The van der Waals surface area contributed by atoms with E-state index in [2.05, 4.69) is 4.74 Å². The van der Waals surface area contributed by atoms with Crippen molar-refractivity contribution in [3.63, 3.8) is 0 Å². The minimum absolute atomic E-state index is 0.0560. The second-order valence-corrected chi connectivity index (χ2v) is 4.89. The number of amides is 1. The Bertz CT molecular complexity index is 730. The zero-order valence-corrected chi connectivity index (χ0v) is 13.2. The van der Waals surface area contributed by atoms with Gasteiger partial charge in [0.15, 0.2) is 0 Å². The van der Waals surface area contributed by atoms with Gasteiger partial charge in [0.1, 0.15) is 6.54 Å². The molecule has 0 atom stereocenters. The molecule has 26 heavy (non-hydrogen) atoms. The summed E-state index contributed by atoms with van der Waals surface area (Å²) in [5.74, 6) is -5.29. The Labute approximate surface area is 143 Å². The van der Waals surface area contributed by atoms with Crippen LogP contribution in [0.5, 0.6) is 0 Å². The molecule has 12 heteroatoms. The molecule has 142 valence electrons. The number of hydrogen-bond acceptors (Lipinski definition) is 5. The number of nitriles is 1. The van der Waals surface area contributed by atoms with E-state index in [1.54, 1.807) is 6.07 Å². The van der Waals surface area contributed by atoms with Gasteiger partial charge in [-0.25, -0.2) is 4.79 Å². The minimum atomic E-state index is -5.93. The van der Waals surface area contributed by atoms with Crippen molar-refractivity contribution in [1.29, 1.82) is 5.26 Å². The Balaban J connectivity index is 3.31. The van der Waals surface area contributed by atoms with Crippen LogP contribution in [-0.4, -0.2) is 35.2 Å². The largest absolute Gasteiger partial charge is 0.458 e. The highest BCUT2D eigenvalue weighted by Crippen LogP contribution is 2.44. The van der Waals surface area contributed by atoms with E-state index in [0.29, 0.717) is 12.1 Å². The van der Waals surface area contributed by atoms with Crippen LogP contribution in [0.3, 0.4) is 0 Å². The van der Waals surface area contributed by atoms with Gasteiger partial charge >= 0.3 is 18.2 Å². The van der Waals surface area contributed by atoms with E-state index in [1.807, 2.05) is 0 Å². The molecular weight excluding hydrogens is 369 g/mol. The number of hydrogen-bond donors (Lipinski definition) is 0. The predicted octanol–water partition coefficient (Wildman–Crippen LogP) is 3.73. The van der Waals surface area contributed by atoms with Gasteiger partial charge in [-0.15, -0.1) is 0 Å². The van der Waals surface area contributed by atoms with Crippen molar-refractivity contribution < 1.29 is 36.4 Å². The fourth-order valence-electron chi connectivity index (χ4n) is 1.92. The number of nitro benzene ring substituents is 1. The zero-order valence-electron chi connectivity index (χ0n) is 13.2. The van der Waals surface area contributed by atoms with Crippen molar-refractivity contribution in [1.82, 2.24) is 4.90 Å². The van der Waals surface area contributed by atoms with Gasteiger partial charge in [0.25, 0.3) is 5.69 Å². The molecule has 0 N–H and O–H groups in total. The van der Waals surface area contributed by atoms with E-state index in [0.717, 1.165) is 4.90 Å². The minimum Gasteiger partial charge on any atom is -0.450 e. The van der Waals surface area contributed by atoms with Crippen LogP contribution in [0.25, 0.3) is 0 Å². The molecule has 1 aromatic rings. The average molecular weight is 381 g/mol. The molecule has 0 aliphatic rings. The first-order chi connectivity index (χ1) is 12.0. The number of carbonyl (C=O) groups is 1. The summed E-state index contributed by atoms with van der Waals surface area (Å²) in [6.45, 7) is 0.301. The molecule has 1 amide bonds. The fraction of sp³-hybridized carbons (Fsp3) is 0.429. The summed E-state index contributed by atoms with van der Waals surface area (Å²) in [4.78, 5) is 22.3. The molecule has 0 aliphatic heterocycles. The number of benzene rings is 1. The van der Waals surface area contributed by atoms with Gasteiger partial charge in [0, 0.05) is 17.2 Å². The molecule has 0 heterocycles. The molecule has 7 nitrogen and oxygen atoms in total. The van der Waals surface area contributed by atoms with Crippen LogP contribution < -0.4 is 0 Å².